The van der Waals surface area contributed by atoms with Crippen LogP contribution < -0.4 is 4.90 Å². The second-order valence-electron chi connectivity index (χ2n) is 6.97. The van der Waals surface area contributed by atoms with E-state index in [0.29, 0.717) is 5.92 Å². The topological polar surface area (TPSA) is 49.3 Å². The van der Waals surface area contributed by atoms with Gasteiger partial charge in [-0.15, -0.1) is 0 Å². The summed E-state index contributed by atoms with van der Waals surface area (Å²) < 4.78 is 0. The average Bonchev–Trinajstić information content (AvgIpc) is 3.23. The summed E-state index contributed by atoms with van der Waals surface area (Å²) in [5.74, 6) is 0.441. The van der Waals surface area contributed by atoms with Crippen molar-refractivity contribution < 1.29 is 4.79 Å². The fourth-order valence-corrected chi connectivity index (χ4v) is 3.92. The van der Waals surface area contributed by atoms with Gasteiger partial charge < -0.3 is 9.80 Å². The number of anilines is 1. The highest BCUT2D eigenvalue weighted by molar-refractivity contribution is 5.94. The van der Waals surface area contributed by atoms with Crippen molar-refractivity contribution in [3.05, 3.63) is 54.1 Å². The summed E-state index contributed by atoms with van der Waals surface area (Å²) >= 11 is 0. The molecule has 5 nitrogen and oxygen atoms in total. The Balaban J connectivity index is 1.44. The van der Waals surface area contributed by atoms with Crippen LogP contribution in [0.5, 0.6) is 0 Å². The van der Waals surface area contributed by atoms with Gasteiger partial charge in [-0.1, -0.05) is 0 Å². The van der Waals surface area contributed by atoms with Crippen molar-refractivity contribution in [1.82, 2.24) is 14.9 Å². The summed E-state index contributed by atoms with van der Waals surface area (Å²) in [5, 5.41) is 0. The summed E-state index contributed by atoms with van der Waals surface area (Å²) in [5.41, 5.74) is 3.05. The number of piperidine rings is 1. The maximum Gasteiger partial charge on any atom is 0.253 e. The Labute approximate surface area is 148 Å². The van der Waals surface area contributed by atoms with Crippen LogP contribution in [0, 0.1) is 0 Å². The molecule has 0 saturated carbocycles. The molecule has 1 aromatic heterocycles. The van der Waals surface area contributed by atoms with E-state index in [4.69, 9.17) is 0 Å². The lowest BCUT2D eigenvalue weighted by molar-refractivity contribution is 0.0706. The Kier molecular flexibility index (Phi) is 4.63. The van der Waals surface area contributed by atoms with Crippen LogP contribution in [0.4, 0.5) is 5.69 Å². The zero-order valence-electron chi connectivity index (χ0n) is 14.5. The first-order valence-electron chi connectivity index (χ1n) is 9.21. The third kappa shape index (κ3) is 3.50. The highest BCUT2D eigenvalue weighted by Gasteiger charge is 2.26. The van der Waals surface area contributed by atoms with E-state index in [1.807, 2.05) is 23.1 Å². The Hall–Kier alpha value is -2.43. The number of carbonyl (C=O) groups is 1. The fourth-order valence-electron chi connectivity index (χ4n) is 3.92. The van der Waals surface area contributed by atoms with Crippen molar-refractivity contribution in [2.24, 2.45) is 0 Å². The van der Waals surface area contributed by atoms with Crippen LogP contribution >= 0.6 is 0 Å². The standard InChI is InChI=1S/C20H24N4O/c25-20(16-5-7-18(8-6-16)23-11-1-2-12-23)24-13-3-4-17(14-24)19-9-10-21-15-22-19/h5-10,15,17H,1-4,11-14H2. The van der Waals surface area contributed by atoms with Gasteiger partial charge >= 0.3 is 0 Å². The zero-order valence-corrected chi connectivity index (χ0v) is 14.5. The lowest BCUT2D eigenvalue weighted by Gasteiger charge is -2.32. The molecule has 130 valence electrons. The highest BCUT2D eigenvalue weighted by Crippen LogP contribution is 2.27. The maximum absolute atomic E-state index is 12.9. The van der Waals surface area contributed by atoms with Crippen molar-refractivity contribution in [3.63, 3.8) is 0 Å². The smallest absolute Gasteiger partial charge is 0.253 e. The number of hydrogen-bond donors (Lipinski definition) is 0. The van der Waals surface area contributed by atoms with Crippen LogP contribution in [-0.4, -0.2) is 47.0 Å². The minimum Gasteiger partial charge on any atom is -0.372 e. The van der Waals surface area contributed by atoms with E-state index in [1.54, 1.807) is 12.5 Å². The van der Waals surface area contributed by atoms with Crippen LogP contribution in [0.1, 0.15) is 47.7 Å². The Morgan fingerprint density at radius 1 is 1.00 bits per heavy atom. The summed E-state index contributed by atoms with van der Waals surface area (Å²) in [6.07, 6.45) is 7.99. The molecule has 25 heavy (non-hydrogen) atoms. The van der Waals surface area contributed by atoms with E-state index in [9.17, 15) is 4.79 Å². The first kappa shape index (κ1) is 16.1. The lowest BCUT2D eigenvalue weighted by Crippen LogP contribution is -2.39. The molecule has 0 N–H and O–H groups in total. The van der Waals surface area contributed by atoms with Gasteiger partial charge in [0.05, 0.1) is 0 Å². The molecule has 0 spiro atoms. The molecule has 0 aliphatic carbocycles. The molecule has 2 aliphatic heterocycles. The Morgan fingerprint density at radius 2 is 1.80 bits per heavy atom. The second kappa shape index (κ2) is 7.21. The van der Waals surface area contributed by atoms with Gasteiger partial charge in [-0.3, -0.25) is 4.79 Å². The summed E-state index contributed by atoms with van der Waals surface area (Å²) in [4.78, 5) is 25.6. The molecule has 3 heterocycles. The van der Waals surface area contributed by atoms with Gasteiger partial charge in [-0.05, 0) is 56.0 Å². The van der Waals surface area contributed by atoms with Gasteiger partial charge in [-0.2, -0.15) is 0 Å². The predicted octanol–water partition coefficient (Wildman–Crippen LogP) is 3.10. The second-order valence-corrected chi connectivity index (χ2v) is 6.97. The predicted molar refractivity (Wildman–Crippen MR) is 97.8 cm³/mol. The van der Waals surface area contributed by atoms with E-state index in [1.165, 1.54) is 18.5 Å². The molecule has 1 unspecified atom stereocenters. The number of benzene rings is 1. The Morgan fingerprint density at radius 3 is 2.52 bits per heavy atom. The van der Waals surface area contributed by atoms with E-state index >= 15 is 0 Å². The third-order valence-corrected chi connectivity index (χ3v) is 5.32. The van der Waals surface area contributed by atoms with Gasteiger partial charge in [0, 0.05) is 55.2 Å². The molecule has 1 aromatic carbocycles. The van der Waals surface area contributed by atoms with Gasteiger partial charge in [-0.25, -0.2) is 9.97 Å². The fraction of sp³-hybridized carbons (Fsp3) is 0.450. The number of nitrogens with zero attached hydrogens (tertiary/aromatic N) is 4. The summed E-state index contributed by atoms with van der Waals surface area (Å²) in [6.45, 7) is 3.82. The van der Waals surface area contributed by atoms with Crippen molar-refractivity contribution in [2.45, 2.75) is 31.6 Å². The number of aromatic nitrogens is 2. The Bertz CT molecular complexity index is 710. The number of amides is 1. The van der Waals surface area contributed by atoms with Crippen LogP contribution in [0.25, 0.3) is 0 Å². The van der Waals surface area contributed by atoms with Gasteiger partial charge in [0.25, 0.3) is 5.91 Å². The maximum atomic E-state index is 12.9. The molecule has 2 aliphatic rings. The van der Waals surface area contributed by atoms with E-state index in [2.05, 4.69) is 27.0 Å². The van der Waals surface area contributed by atoms with Gasteiger partial charge in [0.15, 0.2) is 0 Å². The monoisotopic (exact) mass is 336 g/mol. The number of hydrogen-bond acceptors (Lipinski definition) is 4. The largest absolute Gasteiger partial charge is 0.372 e. The molecule has 2 fully saturated rings. The molecular weight excluding hydrogens is 312 g/mol. The minimum absolute atomic E-state index is 0.131. The van der Waals surface area contributed by atoms with Crippen molar-refractivity contribution in [3.8, 4) is 0 Å². The molecule has 5 heteroatoms. The molecular formula is C20H24N4O. The van der Waals surface area contributed by atoms with Crippen molar-refractivity contribution in [2.75, 3.05) is 31.1 Å². The third-order valence-electron chi connectivity index (χ3n) is 5.32. The van der Waals surface area contributed by atoms with Crippen LogP contribution in [0.15, 0.2) is 42.9 Å². The van der Waals surface area contributed by atoms with Gasteiger partial charge in [0.2, 0.25) is 0 Å². The quantitative estimate of drug-likeness (QED) is 0.864. The molecule has 2 saturated heterocycles. The first-order chi connectivity index (χ1) is 12.3. The average molecular weight is 336 g/mol. The SMILES string of the molecule is O=C(c1ccc(N2CCCC2)cc1)N1CCCC(c2ccncn2)C1. The van der Waals surface area contributed by atoms with E-state index < -0.39 is 0 Å². The van der Waals surface area contributed by atoms with Crippen LogP contribution in [0.2, 0.25) is 0 Å². The van der Waals surface area contributed by atoms with Crippen molar-refractivity contribution in [1.29, 1.82) is 0 Å². The summed E-state index contributed by atoms with van der Waals surface area (Å²) in [7, 11) is 0. The van der Waals surface area contributed by atoms with Gasteiger partial charge in [0.1, 0.15) is 6.33 Å². The van der Waals surface area contributed by atoms with Crippen molar-refractivity contribution >= 4 is 11.6 Å². The molecule has 4 rings (SSSR count). The molecule has 0 bridgehead atoms. The number of carbonyl (C=O) groups excluding carboxylic acids is 1. The number of rotatable bonds is 3. The molecule has 1 atom stereocenters. The van der Waals surface area contributed by atoms with Crippen LogP contribution in [-0.2, 0) is 0 Å². The van der Waals surface area contributed by atoms with E-state index in [-0.39, 0.29) is 5.91 Å². The molecule has 0 radical (unpaired) electrons. The normalized spacial score (nSPS) is 20.7. The lowest BCUT2D eigenvalue weighted by atomic mass is 9.94. The minimum atomic E-state index is 0.131. The zero-order chi connectivity index (χ0) is 17.1. The molecule has 2 aromatic rings. The molecule has 1 amide bonds. The van der Waals surface area contributed by atoms with Crippen LogP contribution in [0.3, 0.4) is 0 Å². The summed E-state index contributed by atoms with van der Waals surface area (Å²) in [6, 6.07) is 10.1. The highest BCUT2D eigenvalue weighted by atomic mass is 16.2. The number of likely N-dealkylation sites (tertiary alicyclic amines) is 1. The first-order valence-corrected chi connectivity index (χ1v) is 9.21. The van der Waals surface area contributed by atoms with E-state index in [0.717, 1.165) is 50.3 Å².